The molecule has 15 heavy (non-hydrogen) atoms. The molecule has 0 radical (unpaired) electrons. The standard InChI is InChI=1S/C10H11N3OS/c1-12(2)10(15)14-13-7-11-8-5-3-4-6-9(8)13/h3-7H,1-2H3. The Bertz CT molecular complexity index is 492. The lowest BCUT2D eigenvalue weighted by atomic mass is 10.3. The zero-order chi connectivity index (χ0) is 10.8. The molecular weight excluding hydrogens is 210 g/mol. The molecule has 78 valence electrons. The molecule has 1 heterocycles. The van der Waals surface area contributed by atoms with Gasteiger partial charge in [0.25, 0.3) is 5.17 Å². The Hall–Kier alpha value is -1.62. The van der Waals surface area contributed by atoms with Crippen LogP contribution in [0.2, 0.25) is 0 Å². The fourth-order valence-corrected chi connectivity index (χ4v) is 1.26. The molecule has 5 heteroatoms. The van der Waals surface area contributed by atoms with E-state index in [0.717, 1.165) is 11.0 Å². The maximum atomic E-state index is 5.44. The Morgan fingerprint density at radius 3 is 2.87 bits per heavy atom. The van der Waals surface area contributed by atoms with Gasteiger partial charge in [0.2, 0.25) is 0 Å². The van der Waals surface area contributed by atoms with Gasteiger partial charge in [-0.15, -0.1) is 0 Å². The second-order valence-corrected chi connectivity index (χ2v) is 3.66. The van der Waals surface area contributed by atoms with E-state index >= 15 is 0 Å². The molecular formula is C10H11N3OS. The predicted octanol–water partition coefficient (Wildman–Crippen LogP) is 1.31. The summed E-state index contributed by atoms with van der Waals surface area (Å²) in [4.78, 5) is 11.4. The van der Waals surface area contributed by atoms with Crippen LogP contribution in [0.15, 0.2) is 30.6 Å². The molecule has 0 unspecified atom stereocenters. The first-order valence-electron chi connectivity index (χ1n) is 4.50. The Morgan fingerprint density at radius 2 is 2.13 bits per heavy atom. The molecule has 1 aromatic carbocycles. The van der Waals surface area contributed by atoms with Crippen molar-refractivity contribution in [2.24, 2.45) is 0 Å². The number of rotatable bonds is 1. The minimum atomic E-state index is 0.401. The molecule has 1 aromatic heterocycles. The van der Waals surface area contributed by atoms with Crippen molar-refractivity contribution in [2.75, 3.05) is 14.1 Å². The molecule has 4 nitrogen and oxygen atoms in total. The Balaban J connectivity index is 2.33. The highest BCUT2D eigenvalue weighted by Crippen LogP contribution is 2.10. The molecule has 0 aliphatic carbocycles. The molecule has 0 amide bonds. The van der Waals surface area contributed by atoms with Crippen molar-refractivity contribution in [2.45, 2.75) is 0 Å². The quantitative estimate of drug-likeness (QED) is 0.679. The maximum absolute atomic E-state index is 5.44. The molecule has 0 bridgehead atoms. The highest BCUT2D eigenvalue weighted by atomic mass is 32.1. The van der Waals surface area contributed by atoms with E-state index in [1.807, 2.05) is 38.4 Å². The molecule has 0 aliphatic rings. The summed E-state index contributed by atoms with van der Waals surface area (Å²) >= 11 is 5.04. The van der Waals surface area contributed by atoms with Crippen LogP contribution in [0.3, 0.4) is 0 Å². The monoisotopic (exact) mass is 221 g/mol. The van der Waals surface area contributed by atoms with Gasteiger partial charge in [-0.05, 0) is 24.4 Å². The first-order chi connectivity index (χ1) is 7.18. The van der Waals surface area contributed by atoms with Crippen molar-refractivity contribution >= 4 is 28.4 Å². The summed E-state index contributed by atoms with van der Waals surface area (Å²) in [5.74, 6) is 0. The van der Waals surface area contributed by atoms with Crippen molar-refractivity contribution in [3.63, 3.8) is 0 Å². The lowest BCUT2D eigenvalue weighted by Crippen LogP contribution is -2.30. The van der Waals surface area contributed by atoms with E-state index in [0.29, 0.717) is 5.17 Å². The Morgan fingerprint density at radius 1 is 1.40 bits per heavy atom. The molecule has 2 rings (SSSR count). The molecule has 0 saturated carbocycles. The number of benzene rings is 1. The van der Waals surface area contributed by atoms with Crippen molar-refractivity contribution < 1.29 is 4.84 Å². The third-order valence-corrected chi connectivity index (χ3v) is 2.40. The third kappa shape index (κ3) is 1.92. The van der Waals surface area contributed by atoms with Crippen LogP contribution >= 0.6 is 12.2 Å². The second-order valence-electron chi connectivity index (χ2n) is 3.31. The van der Waals surface area contributed by atoms with E-state index in [2.05, 4.69) is 4.98 Å². The first kappa shape index (κ1) is 9.92. The van der Waals surface area contributed by atoms with E-state index in [1.54, 1.807) is 16.0 Å². The number of aromatic nitrogens is 2. The third-order valence-electron chi connectivity index (χ3n) is 1.96. The van der Waals surface area contributed by atoms with Crippen LogP contribution in [-0.2, 0) is 0 Å². The van der Waals surface area contributed by atoms with Gasteiger partial charge in [-0.1, -0.05) is 12.1 Å². The molecule has 0 aliphatic heterocycles. The Labute approximate surface area is 93.0 Å². The lowest BCUT2D eigenvalue weighted by Gasteiger charge is -2.13. The van der Waals surface area contributed by atoms with E-state index < -0.39 is 0 Å². The van der Waals surface area contributed by atoms with E-state index in [9.17, 15) is 0 Å². The summed E-state index contributed by atoms with van der Waals surface area (Å²) in [5, 5.41) is 0.401. The number of nitrogens with zero attached hydrogens (tertiary/aromatic N) is 3. The van der Waals surface area contributed by atoms with Crippen molar-refractivity contribution in [3.05, 3.63) is 30.6 Å². The fourth-order valence-electron chi connectivity index (χ4n) is 1.18. The summed E-state index contributed by atoms with van der Waals surface area (Å²) in [7, 11) is 3.67. The summed E-state index contributed by atoms with van der Waals surface area (Å²) in [6.07, 6.45) is 1.61. The van der Waals surface area contributed by atoms with Gasteiger partial charge in [-0.2, -0.15) is 4.73 Å². The van der Waals surface area contributed by atoms with Crippen molar-refractivity contribution in [3.8, 4) is 0 Å². The summed E-state index contributed by atoms with van der Waals surface area (Å²) in [5.41, 5.74) is 1.79. The van der Waals surface area contributed by atoms with Crippen LogP contribution in [0.25, 0.3) is 11.0 Å². The zero-order valence-electron chi connectivity index (χ0n) is 8.54. The van der Waals surface area contributed by atoms with Crippen LogP contribution in [-0.4, -0.2) is 33.9 Å². The van der Waals surface area contributed by atoms with Crippen LogP contribution < -0.4 is 4.84 Å². The fraction of sp³-hybridized carbons (Fsp3) is 0.200. The molecule has 0 N–H and O–H groups in total. The van der Waals surface area contributed by atoms with E-state index in [4.69, 9.17) is 17.1 Å². The highest BCUT2D eigenvalue weighted by Gasteiger charge is 2.05. The highest BCUT2D eigenvalue weighted by molar-refractivity contribution is 7.80. The number of fused-ring (bicyclic) bond motifs is 1. The molecule has 0 fully saturated rings. The smallest absolute Gasteiger partial charge is 0.289 e. The summed E-state index contributed by atoms with van der Waals surface area (Å²) in [6, 6.07) is 7.72. The van der Waals surface area contributed by atoms with Gasteiger partial charge in [0.05, 0.1) is 5.52 Å². The summed E-state index contributed by atoms with van der Waals surface area (Å²) < 4.78 is 1.57. The average Bonchev–Trinajstić information content (AvgIpc) is 2.62. The zero-order valence-corrected chi connectivity index (χ0v) is 9.36. The molecule has 0 atom stereocenters. The van der Waals surface area contributed by atoms with E-state index in [-0.39, 0.29) is 0 Å². The van der Waals surface area contributed by atoms with Gasteiger partial charge in [0, 0.05) is 14.1 Å². The largest absolute Gasteiger partial charge is 0.343 e. The van der Waals surface area contributed by atoms with Gasteiger partial charge in [0.15, 0.2) is 0 Å². The van der Waals surface area contributed by atoms with Gasteiger partial charge >= 0.3 is 0 Å². The van der Waals surface area contributed by atoms with Crippen LogP contribution in [0.1, 0.15) is 0 Å². The van der Waals surface area contributed by atoms with Crippen molar-refractivity contribution in [1.29, 1.82) is 0 Å². The summed E-state index contributed by atoms with van der Waals surface area (Å²) in [6.45, 7) is 0. The Kier molecular flexibility index (Phi) is 2.55. The average molecular weight is 221 g/mol. The predicted molar refractivity (Wildman–Crippen MR) is 62.6 cm³/mol. The number of hydrogen-bond acceptors (Lipinski definition) is 3. The van der Waals surface area contributed by atoms with E-state index in [1.165, 1.54) is 0 Å². The number of para-hydroxylation sites is 2. The molecule has 0 saturated heterocycles. The minimum absolute atomic E-state index is 0.401. The number of hydrogen-bond donors (Lipinski definition) is 0. The molecule has 0 spiro atoms. The van der Waals surface area contributed by atoms with Crippen molar-refractivity contribution in [1.82, 2.24) is 14.6 Å². The number of imidazole rings is 1. The van der Waals surface area contributed by atoms with Gasteiger partial charge in [-0.25, -0.2) is 4.98 Å². The minimum Gasteiger partial charge on any atom is -0.343 e. The van der Waals surface area contributed by atoms with Gasteiger partial charge in [-0.3, -0.25) is 0 Å². The SMILES string of the molecule is CN(C)C(=S)On1cnc2ccccc21. The normalized spacial score (nSPS) is 10.3. The second kappa shape index (κ2) is 3.86. The lowest BCUT2D eigenvalue weighted by molar-refractivity contribution is 0.244. The number of thiocarbonyl (C=S) groups is 1. The molecule has 2 aromatic rings. The maximum Gasteiger partial charge on any atom is 0.289 e. The van der Waals surface area contributed by atoms with Crippen LogP contribution in [0.4, 0.5) is 0 Å². The van der Waals surface area contributed by atoms with Crippen LogP contribution in [0.5, 0.6) is 0 Å². The van der Waals surface area contributed by atoms with Gasteiger partial charge < -0.3 is 9.74 Å². The topological polar surface area (TPSA) is 30.3 Å². The van der Waals surface area contributed by atoms with Gasteiger partial charge in [0.1, 0.15) is 11.8 Å². The first-order valence-corrected chi connectivity index (χ1v) is 4.91. The van der Waals surface area contributed by atoms with Crippen LogP contribution in [0, 0.1) is 0 Å².